The normalized spacial score (nSPS) is 10.0. The molecule has 0 amide bonds. The van der Waals surface area contributed by atoms with Crippen molar-refractivity contribution in [2.45, 2.75) is 0 Å². The topological polar surface area (TPSA) is 40.5 Å². The molecule has 0 aliphatic rings. The Balaban J connectivity index is 2.08. The number of allylic oxidation sites excluding steroid dienone is 1. The molecule has 0 spiro atoms. The Kier molecular flexibility index (Phi) is 3.68. The van der Waals surface area contributed by atoms with Crippen molar-refractivity contribution in [3.63, 3.8) is 0 Å². The number of phenols is 2. The van der Waals surface area contributed by atoms with Crippen molar-refractivity contribution < 1.29 is 10.2 Å². The number of hydrogen-bond acceptors (Lipinski definition) is 2. The second kappa shape index (κ2) is 5.60. The number of benzene rings is 2. The minimum Gasteiger partial charge on any atom is -0.508 e. The van der Waals surface area contributed by atoms with Crippen LogP contribution in [-0.2, 0) is 0 Å². The number of rotatable bonds is 1. The van der Waals surface area contributed by atoms with E-state index in [0.717, 1.165) is 11.1 Å². The van der Waals surface area contributed by atoms with Crippen molar-refractivity contribution >= 4 is 6.08 Å². The lowest BCUT2D eigenvalue weighted by Gasteiger charge is -1.92. The van der Waals surface area contributed by atoms with Gasteiger partial charge in [0.25, 0.3) is 0 Å². The highest BCUT2D eigenvalue weighted by atomic mass is 16.3. The van der Waals surface area contributed by atoms with Crippen LogP contribution in [0.4, 0.5) is 0 Å². The molecule has 18 heavy (non-hydrogen) atoms. The maximum atomic E-state index is 9.28. The first kappa shape index (κ1) is 11.8. The van der Waals surface area contributed by atoms with Crippen LogP contribution in [0.5, 0.6) is 11.5 Å². The molecule has 0 heterocycles. The molecule has 0 aliphatic heterocycles. The molecule has 2 aromatic carbocycles. The van der Waals surface area contributed by atoms with E-state index in [-0.39, 0.29) is 11.5 Å². The summed E-state index contributed by atoms with van der Waals surface area (Å²) in [4.78, 5) is 0. The average Bonchev–Trinajstić information content (AvgIpc) is 2.35. The van der Waals surface area contributed by atoms with Crippen LogP contribution >= 0.6 is 0 Å². The molecular formula is C16H12O2. The first-order valence-electron chi connectivity index (χ1n) is 5.50. The quantitative estimate of drug-likeness (QED) is 0.747. The summed E-state index contributed by atoms with van der Waals surface area (Å²) in [5.74, 6) is 6.23. The highest BCUT2D eigenvalue weighted by Gasteiger charge is 1.89. The van der Waals surface area contributed by atoms with Crippen LogP contribution in [-0.4, -0.2) is 10.2 Å². The Labute approximate surface area is 106 Å². The zero-order valence-corrected chi connectivity index (χ0v) is 9.67. The third-order valence-electron chi connectivity index (χ3n) is 2.29. The summed E-state index contributed by atoms with van der Waals surface area (Å²) in [5.41, 5.74) is 1.65. The molecule has 2 nitrogen and oxygen atoms in total. The van der Waals surface area contributed by atoms with Crippen LogP contribution in [0, 0.1) is 11.8 Å². The van der Waals surface area contributed by atoms with Crippen LogP contribution in [0.25, 0.3) is 6.08 Å². The predicted octanol–water partition coefficient (Wildman–Crippen LogP) is 3.16. The summed E-state index contributed by atoms with van der Waals surface area (Å²) in [6.07, 6.45) is 3.52. The second-order valence-electron chi connectivity index (χ2n) is 3.75. The van der Waals surface area contributed by atoms with Gasteiger partial charge in [-0.1, -0.05) is 30.0 Å². The number of aromatic hydroxyl groups is 2. The Morgan fingerprint density at radius 2 is 1.61 bits per heavy atom. The molecule has 2 aromatic rings. The van der Waals surface area contributed by atoms with Crippen molar-refractivity contribution in [2.75, 3.05) is 0 Å². The van der Waals surface area contributed by atoms with Gasteiger partial charge in [-0.05, 0) is 48.0 Å². The third-order valence-corrected chi connectivity index (χ3v) is 2.29. The van der Waals surface area contributed by atoms with Gasteiger partial charge >= 0.3 is 0 Å². The van der Waals surface area contributed by atoms with Gasteiger partial charge in [0, 0.05) is 5.56 Å². The monoisotopic (exact) mass is 236 g/mol. The summed E-state index contributed by atoms with van der Waals surface area (Å²) in [7, 11) is 0. The third kappa shape index (κ3) is 3.43. The molecule has 0 fully saturated rings. The van der Waals surface area contributed by atoms with E-state index in [4.69, 9.17) is 0 Å². The van der Waals surface area contributed by atoms with E-state index < -0.39 is 0 Å². The zero-order chi connectivity index (χ0) is 12.8. The Hall–Kier alpha value is -2.66. The molecular weight excluding hydrogens is 224 g/mol. The molecule has 0 saturated heterocycles. The first-order chi connectivity index (χ1) is 8.74. The molecule has 0 unspecified atom stereocenters. The maximum Gasteiger partial charge on any atom is 0.116 e. The van der Waals surface area contributed by atoms with Crippen LogP contribution in [0.15, 0.2) is 54.6 Å². The number of phenolic OH excluding ortho intramolecular Hbond substituents is 2. The van der Waals surface area contributed by atoms with Gasteiger partial charge < -0.3 is 10.2 Å². The van der Waals surface area contributed by atoms with Crippen molar-refractivity contribution in [1.82, 2.24) is 0 Å². The van der Waals surface area contributed by atoms with Gasteiger partial charge in [-0.25, -0.2) is 0 Å². The molecule has 88 valence electrons. The van der Waals surface area contributed by atoms with E-state index in [1.54, 1.807) is 42.5 Å². The van der Waals surface area contributed by atoms with E-state index in [1.165, 1.54) is 0 Å². The lowest BCUT2D eigenvalue weighted by atomic mass is 10.2. The Morgan fingerprint density at radius 1 is 0.889 bits per heavy atom. The first-order valence-corrected chi connectivity index (χ1v) is 5.50. The molecule has 2 heteroatoms. The summed E-state index contributed by atoms with van der Waals surface area (Å²) in [6.45, 7) is 0. The number of hydrogen-bond donors (Lipinski definition) is 2. The molecule has 0 bridgehead atoms. The smallest absolute Gasteiger partial charge is 0.116 e. The van der Waals surface area contributed by atoms with Gasteiger partial charge in [-0.3, -0.25) is 0 Å². The van der Waals surface area contributed by atoms with Crippen LogP contribution in [0.1, 0.15) is 11.1 Å². The SMILES string of the molecule is Oc1cccc(C#CC=Cc2cccc(O)c2)c1. The van der Waals surface area contributed by atoms with Gasteiger partial charge in [-0.15, -0.1) is 0 Å². The summed E-state index contributed by atoms with van der Waals surface area (Å²) >= 11 is 0. The van der Waals surface area contributed by atoms with Gasteiger partial charge in [-0.2, -0.15) is 0 Å². The van der Waals surface area contributed by atoms with E-state index in [1.807, 2.05) is 18.2 Å². The van der Waals surface area contributed by atoms with Gasteiger partial charge in [0.2, 0.25) is 0 Å². The highest BCUT2D eigenvalue weighted by Crippen LogP contribution is 2.12. The van der Waals surface area contributed by atoms with Gasteiger partial charge in [0.05, 0.1) is 0 Å². The summed E-state index contributed by atoms with van der Waals surface area (Å²) in [6, 6.07) is 13.7. The van der Waals surface area contributed by atoms with Crippen LogP contribution in [0.2, 0.25) is 0 Å². The fourth-order valence-corrected chi connectivity index (χ4v) is 1.48. The average molecular weight is 236 g/mol. The van der Waals surface area contributed by atoms with E-state index >= 15 is 0 Å². The predicted molar refractivity (Wildman–Crippen MR) is 72.1 cm³/mol. The molecule has 2 N–H and O–H groups in total. The maximum absolute atomic E-state index is 9.28. The standard InChI is InChI=1S/C16H12O2/c17-15-9-3-7-13(11-15)5-1-2-6-14-8-4-10-16(18)12-14/h1,3-5,7-12,17-18H. The van der Waals surface area contributed by atoms with Crippen molar-refractivity contribution in [3.05, 3.63) is 65.7 Å². The molecule has 0 radical (unpaired) electrons. The van der Waals surface area contributed by atoms with Crippen molar-refractivity contribution in [2.24, 2.45) is 0 Å². The minimum atomic E-state index is 0.207. The fourth-order valence-electron chi connectivity index (χ4n) is 1.48. The van der Waals surface area contributed by atoms with Gasteiger partial charge in [0.15, 0.2) is 0 Å². The van der Waals surface area contributed by atoms with Gasteiger partial charge in [0.1, 0.15) is 11.5 Å². The molecule has 0 atom stereocenters. The second-order valence-corrected chi connectivity index (χ2v) is 3.75. The Bertz CT molecular complexity index is 631. The largest absolute Gasteiger partial charge is 0.508 e. The Morgan fingerprint density at radius 3 is 2.33 bits per heavy atom. The molecule has 2 rings (SSSR count). The fraction of sp³-hybridized carbons (Fsp3) is 0. The lowest BCUT2D eigenvalue weighted by molar-refractivity contribution is 0.474. The van der Waals surface area contributed by atoms with E-state index in [9.17, 15) is 10.2 Å². The highest BCUT2D eigenvalue weighted by molar-refractivity contribution is 5.55. The lowest BCUT2D eigenvalue weighted by Crippen LogP contribution is -1.72. The molecule has 0 aromatic heterocycles. The van der Waals surface area contributed by atoms with E-state index in [0.29, 0.717) is 0 Å². The summed E-state index contributed by atoms with van der Waals surface area (Å²) < 4.78 is 0. The zero-order valence-electron chi connectivity index (χ0n) is 9.67. The van der Waals surface area contributed by atoms with Crippen molar-refractivity contribution in [3.8, 4) is 23.3 Å². The summed E-state index contributed by atoms with van der Waals surface area (Å²) in [5, 5.41) is 18.5. The van der Waals surface area contributed by atoms with Crippen molar-refractivity contribution in [1.29, 1.82) is 0 Å². The molecule has 0 aliphatic carbocycles. The molecule has 0 saturated carbocycles. The van der Waals surface area contributed by atoms with E-state index in [2.05, 4.69) is 11.8 Å². The van der Waals surface area contributed by atoms with Crippen LogP contribution < -0.4 is 0 Å². The van der Waals surface area contributed by atoms with Crippen LogP contribution in [0.3, 0.4) is 0 Å². The minimum absolute atomic E-state index is 0.207.